The molecule has 5 heteroatoms. The zero-order valence-electron chi connectivity index (χ0n) is 7.11. The largest absolute Gasteiger partial charge is 0.397 e. The Morgan fingerprint density at radius 1 is 1.62 bits per heavy atom. The molecule has 0 spiro atoms. The third-order valence-electron chi connectivity index (χ3n) is 1.39. The predicted octanol–water partition coefficient (Wildman–Crippen LogP) is 1.20. The number of allylic oxidation sites excluding steroid dienone is 1. The van der Waals surface area contributed by atoms with Crippen molar-refractivity contribution in [1.29, 1.82) is 0 Å². The average Bonchev–Trinajstić information content (AvgIpc) is 2.18. The number of aromatic nitrogens is 2. The normalized spacial score (nSPS) is 13.1. The number of nitrogens with two attached hydrogens (primary N) is 1. The molecule has 4 nitrogen and oxygen atoms in total. The van der Waals surface area contributed by atoms with E-state index in [-0.39, 0.29) is 0 Å². The molecule has 0 bridgehead atoms. The summed E-state index contributed by atoms with van der Waals surface area (Å²) in [6, 6.07) is 1.78. The zero-order valence-corrected chi connectivity index (χ0v) is 8.69. The second-order valence-corrected chi connectivity index (χ2v) is 3.13. The van der Waals surface area contributed by atoms with E-state index in [1.165, 1.54) is 0 Å². The Morgan fingerprint density at radius 2 is 2.38 bits per heavy atom. The Bertz CT molecular complexity index is 331. The first kappa shape index (κ1) is 9.85. The molecule has 0 radical (unpaired) electrons. The van der Waals surface area contributed by atoms with Crippen LogP contribution >= 0.6 is 15.9 Å². The summed E-state index contributed by atoms with van der Waals surface area (Å²) < 4.78 is 0.739. The fraction of sp³-hybridized carbons (Fsp3) is 0.125. The molecule has 0 aliphatic carbocycles. The van der Waals surface area contributed by atoms with Crippen LogP contribution in [0.15, 0.2) is 27.9 Å². The van der Waals surface area contributed by atoms with Gasteiger partial charge in [-0.3, -0.25) is 4.99 Å². The lowest BCUT2D eigenvalue weighted by molar-refractivity contribution is 1.02. The van der Waals surface area contributed by atoms with Crippen LogP contribution in [0, 0.1) is 0 Å². The number of hydrogen-bond acceptors (Lipinski definition) is 4. The van der Waals surface area contributed by atoms with Gasteiger partial charge in [0.25, 0.3) is 0 Å². The summed E-state index contributed by atoms with van der Waals surface area (Å²) in [6.07, 6.45) is 4.82. The minimum absolute atomic E-state index is 0.598. The van der Waals surface area contributed by atoms with Gasteiger partial charge in [-0.1, -0.05) is 0 Å². The van der Waals surface area contributed by atoms with Gasteiger partial charge in [0.15, 0.2) is 0 Å². The van der Waals surface area contributed by atoms with E-state index in [0.717, 1.165) is 10.0 Å². The van der Waals surface area contributed by atoms with Crippen molar-refractivity contribution in [2.45, 2.75) is 0 Å². The van der Waals surface area contributed by atoms with E-state index >= 15 is 0 Å². The number of rotatable bonds is 2. The van der Waals surface area contributed by atoms with E-state index in [2.05, 4.69) is 31.1 Å². The highest BCUT2D eigenvalue weighted by molar-refractivity contribution is 9.12. The molecule has 0 fully saturated rings. The van der Waals surface area contributed by atoms with E-state index in [1.807, 2.05) is 0 Å². The molecule has 1 aromatic heterocycles. The van der Waals surface area contributed by atoms with Gasteiger partial charge in [0.05, 0.1) is 22.6 Å². The number of hydrogen-bond donors (Lipinski definition) is 1. The Balaban J connectivity index is 3.03. The SMILES string of the molecule is CN=CC(Br)=C(N)c1ccnnc1. The van der Waals surface area contributed by atoms with Gasteiger partial charge in [0, 0.05) is 18.8 Å². The molecule has 0 aliphatic heterocycles. The lowest BCUT2D eigenvalue weighted by atomic mass is 10.2. The van der Waals surface area contributed by atoms with Crippen LogP contribution in [0.5, 0.6) is 0 Å². The topological polar surface area (TPSA) is 64.2 Å². The molecule has 0 aliphatic rings. The van der Waals surface area contributed by atoms with Crippen molar-refractivity contribution in [3.63, 3.8) is 0 Å². The number of halogens is 1. The fourth-order valence-electron chi connectivity index (χ4n) is 0.771. The highest BCUT2D eigenvalue weighted by atomic mass is 79.9. The standard InChI is InChI=1S/C8H9BrN4/c1-11-5-7(9)8(10)6-2-3-12-13-4-6/h2-5H,10H2,1H3. The van der Waals surface area contributed by atoms with Crippen molar-refractivity contribution in [2.75, 3.05) is 7.05 Å². The quantitative estimate of drug-likeness (QED) is 0.791. The molecule has 1 heterocycles. The Labute approximate surface area is 84.7 Å². The van der Waals surface area contributed by atoms with Crippen LogP contribution in [0.1, 0.15) is 5.56 Å². The number of nitrogens with zero attached hydrogens (tertiary/aromatic N) is 3. The third-order valence-corrected chi connectivity index (χ3v) is 2.03. The minimum Gasteiger partial charge on any atom is -0.397 e. The second kappa shape index (κ2) is 4.71. The summed E-state index contributed by atoms with van der Waals surface area (Å²) in [6.45, 7) is 0. The maximum atomic E-state index is 5.80. The molecule has 2 N–H and O–H groups in total. The highest BCUT2D eigenvalue weighted by Gasteiger charge is 2.00. The average molecular weight is 241 g/mol. The molecular formula is C8H9BrN4. The molecule has 0 saturated heterocycles. The maximum absolute atomic E-state index is 5.80. The van der Waals surface area contributed by atoms with E-state index in [4.69, 9.17) is 5.73 Å². The zero-order chi connectivity index (χ0) is 9.68. The van der Waals surface area contributed by atoms with E-state index in [9.17, 15) is 0 Å². The van der Waals surface area contributed by atoms with Gasteiger partial charge < -0.3 is 5.73 Å². The molecule has 13 heavy (non-hydrogen) atoms. The predicted molar refractivity (Wildman–Crippen MR) is 56.5 cm³/mol. The Kier molecular flexibility index (Phi) is 3.57. The third kappa shape index (κ3) is 2.62. The molecular weight excluding hydrogens is 232 g/mol. The smallest absolute Gasteiger partial charge is 0.0589 e. The van der Waals surface area contributed by atoms with Crippen LogP contribution in [0.3, 0.4) is 0 Å². The molecule has 0 atom stereocenters. The van der Waals surface area contributed by atoms with Crippen molar-refractivity contribution in [2.24, 2.45) is 10.7 Å². The lowest BCUT2D eigenvalue weighted by Crippen LogP contribution is -2.00. The molecule has 1 rings (SSSR count). The van der Waals surface area contributed by atoms with Crippen molar-refractivity contribution >= 4 is 27.8 Å². The van der Waals surface area contributed by atoms with Crippen molar-refractivity contribution in [3.8, 4) is 0 Å². The van der Waals surface area contributed by atoms with Gasteiger partial charge in [0.2, 0.25) is 0 Å². The minimum atomic E-state index is 0.598. The van der Waals surface area contributed by atoms with Crippen LogP contribution < -0.4 is 5.73 Å². The van der Waals surface area contributed by atoms with Crippen LogP contribution in [0.2, 0.25) is 0 Å². The summed E-state index contributed by atoms with van der Waals surface area (Å²) >= 11 is 3.30. The van der Waals surface area contributed by atoms with Gasteiger partial charge in [-0.15, -0.1) is 0 Å². The van der Waals surface area contributed by atoms with Gasteiger partial charge in [0.1, 0.15) is 0 Å². The summed E-state index contributed by atoms with van der Waals surface area (Å²) in [5.41, 5.74) is 7.22. The van der Waals surface area contributed by atoms with Gasteiger partial charge >= 0.3 is 0 Å². The van der Waals surface area contributed by atoms with Crippen molar-refractivity contribution in [3.05, 3.63) is 28.5 Å². The van der Waals surface area contributed by atoms with E-state index < -0.39 is 0 Å². The first-order valence-corrected chi connectivity index (χ1v) is 4.39. The second-order valence-electron chi connectivity index (χ2n) is 2.28. The molecule has 1 aromatic rings. The van der Waals surface area contributed by atoms with Gasteiger partial charge in [-0.25, -0.2) is 0 Å². The van der Waals surface area contributed by atoms with Crippen molar-refractivity contribution < 1.29 is 0 Å². The van der Waals surface area contributed by atoms with Crippen LogP contribution in [0.25, 0.3) is 5.70 Å². The first-order valence-electron chi connectivity index (χ1n) is 3.60. The highest BCUT2D eigenvalue weighted by Crippen LogP contribution is 2.14. The maximum Gasteiger partial charge on any atom is 0.0589 e. The fourth-order valence-corrected chi connectivity index (χ4v) is 1.20. The summed E-state index contributed by atoms with van der Waals surface area (Å²) in [5.74, 6) is 0. The molecule has 0 saturated carbocycles. The molecule has 0 amide bonds. The molecule has 0 aromatic carbocycles. The van der Waals surface area contributed by atoms with Crippen molar-refractivity contribution in [1.82, 2.24) is 10.2 Å². The first-order chi connectivity index (χ1) is 6.25. The monoisotopic (exact) mass is 240 g/mol. The van der Waals surface area contributed by atoms with Crippen LogP contribution in [0.4, 0.5) is 0 Å². The Hall–Kier alpha value is -1.23. The molecule has 0 unspecified atom stereocenters. The molecule has 68 valence electrons. The lowest BCUT2D eigenvalue weighted by Gasteiger charge is -2.00. The Morgan fingerprint density at radius 3 is 2.92 bits per heavy atom. The van der Waals surface area contributed by atoms with Gasteiger partial charge in [-0.05, 0) is 22.0 Å². The van der Waals surface area contributed by atoms with Gasteiger partial charge in [-0.2, -0.15) is 10.2 Å². The summed E-state index contributed by atoms with van der Waals surface area (Å²) in [4.78, 5) is 3.84. The summed E-state index contributed by atoms with van der Waals surface area (Å²) in [5, 5.41) is 7.37. The summed E-state index contributed by atoms with van der Waals surface area (Å²) in [7, 11) is 1.68. The van der Waals surface area contributed by atoms with E-state index in [0.29, 0.717) is 5.70 Å². The number of aliphatic imine (C=N–C) groups is 1. The van der Waals surface area contributed by atoms with E-state index in [1.54, 1.807) is 31.7 Å². The van der Waals surface area contributed by atoms with Crippen LogP contribution in [-0.4, -0.2) is 23.5 Å². The van der Waals surface area contributed by atoms with Crippen LogP contribution in [-0.2, 0) is 0 Å².